The molecule has 1 unspecified atom stereocenters. The Morgan fingerprint density at radius 3 is 2.40 bits per heavy atom. The van der Waals surface area contributed by atoms with Gasteiger partial charge < -0.3 is 10.2 Å². The van der Waals surface area contributed by atoms with Crippen LogP contribution in [0, 0.1) is 5.92 Å². The van der Waals surface area contributed by atoms with Gasteiger partial charge in [-0.1, -0.05) is 38.4 Å². The Bertz CT molecular complexity index is 404. The zero-order valence-corrected chi connectivity index (χ0v) is 14.3. The number of rotatable bonds is 8. The summed E-state index contributed by atoms with van der Waals surface area (Å²) in [5, 5.41) is 4.30. The quantitative estimate of drug-likeness (QED) is 0.747. The summed E-state index contributed by atoms with van der Waals surface area (Å²) in [4.78, 5) is 2.40. The summed E-state index contributed by atoms with van der Waals surface area (Å²) in [5.41, 5.74) is 2.40. The molecule has 114 valence electrons. The third-order valence-corrected chi connectivity index (χ3v) is 4.05. The fraction of sp³-hybridized carbons (Fsp3) is 0.647. The van der Waals surface area contributed by atoms with Gasteiger partial charge in [0.1, 0.15) is 0 Å². The van der Waals surface area contributed by atoms with Crippen LogP contribution in [0.1, 0.15) is 46.6 Å². The van der Waals surface area contributed by atoms with Crippen molar-refractivity contribution in [3.63, 3.8) is 0 Å². The number of benzene rings is 1. The molecule has 0 aromatic heterocycles. The first-order valence-corrected chi connectivity index (χ1v) is 8.13. The molecule has 0 saturated carbocycles. The van der Waals surface area contributed by atoms with E-state index in [0.717, 1.165) is 31.1 Å². The van der Waals surface area contributed by atoms with Crippen LogP contribution < -0.4 is 10.2 Å². The fourth-order valence-electron chi connectivity index (χ4n) is 2.32. The molecule has 0 aliphatic rings. The van der Waals surface area contributed by atoms with Gasteiger partial charge in [-0.05, 0) is 50.4 Å². The molecule has 1 aromatic carbocycles. The number of nitrogens with one attached hydrogen (secondary N) is 1. The van der Waals surface area contributed by atoms with E-state index in [-0.39, 0.29) is 0 Å². The molecule has 0 amide bonds. The van der Waals surface area contributed by atoms with E-state index in [1.165, 1.54) is 11.3 Å². The second-order valence-corrected chi connectivity index (χ2v) is 6.25. The zero-order valence-electron chi connectivity index (χ0n) is 13.5. The van der Waals surface area contributed by atoms with Crippen LogP contribution in [0.15, 0.2) is 18.2 Å². The van der Waals surface area contributed by atoms with E-state index in [4.69, 9.17) is 11.6 Å². The normalized spacial score (nSPS) is 12.8. The summed E-state index contributed by atoms with van der Waals surface area (Å²) in [5.74, 6) is 0.661. The van der Waals surface area contributed by atoms with Crippen LogP contribution >= 0.6 is 11.6 Å². The van der Waals surface area contributed by atoms with Gasteiger partial charge in [0, 0.05) is 29.8 Å². The van der Waals surface area contributed by atoms with Crippen LogP contribution in [-0.4, -0.2) is 19.1 Å². The van der Waals surface area contributed by atoms with Crippen molar-refractivity contribution in [2.75, 3.05) is 18.0 Å². The monoisotopic (exact) mass is 296 g/mol. The molecule has 0 saturated heterocycles. The van der Waals surface area contributed by atoms with Gasteiger partial charge in [0.25, 0.3) is 0 Å². The van der Waals surface area contributed by atoms with Gasteiger partial charge in [0.2, 0.25) is 0 Å². The van der Waals surface area contributed by atoms with Crippen LogP contribution in [0.2, 0.25) is 5.02 Å². The smallest absolute Gasteiger partial charge is 0.0471 e. The molecule has 0 heterocycles. The van der Waals surface area contributed by atoms with Crippen LogP contribution in [0.5, 0.6) is 0 Å². The van der Waals surface area contributed by atoms with E-state index in [2.05, 4.69) is 63.0 Å². The first-order valence-electron chi connectivity index (χ1n) is 7.75. The molecule has 0 aliphatic carbocycles. The minimum atomic E-state index is 0.543. The number of halogens is 1. The average Bonchev–Trinajstić information content (AvgIpc) is 2.41. The first-order chi connectivity index (χ1) is 9.49. The molecular formula is C17H29ClN2. The lowest BCUT2D eigenvalue weighted by Crippen LogP contribution is -2.32. The Balaban J connectivity index is 2.76. The maximum Gasteiger partial charge on any atom is 0.0471 e. The lowest BCUT2D eigenvalue weighted by atomic mass is 10.1. The van der Waals surface area contributed by atoms with Crippen molar-refractivity contribution in [2.24, 2.45) is 5.92 Å². The highest BCUT2D eigenvalue weighted by molar-refractivity contribution is 6.31. The first kappa shape index (κ1) is 17.3. The van der Waals surface area contributed by atoms with Gasteiger partial charge in [-0.3, -0.25) is 0 Å². The summed E-state index contributed by atoms with van der Waals surface area (Å²) >= 11 is 6.43. The summed E-state index contributed by atoms with van der Waals surface area (Å²) in [7, 11) is 0. The van der Waals surface area contributed by atoms with E-state index >= 15 is 0 Å². The van der Waals surface area contributed by atoms with Gasteiger partial charge in [0.05, 0.1) is 0 Å². The van der Waals surface area contributed by atoms with Crippen molar-refractivity contribution in [1.82, 2.24) is 5.32 Å². The van der Waals surface area contributed by atoms with Crippen molar-refractivity contribution in [2.45, 2.75) is 53.6 Å². The second-order valence-electron chi connectivity index (χ2n) is 5.84. The predicted octanol–water partition coefficient (Wildman–Crippen LogP) is 4.71. The van der Waals surface area contributed by atoms with Gasteiger partial charge in [-0.15, -0.1) is 0 Å². The Morgan fingerprint density at radius 2 is 1.90 bits per heavy atom. The summed E-state index contributed by atoms with van der Waals surface area (Å²) < 4.78 is 0. The van der Waals surface area contributed by atoms with Gasteiger partial charge >= 0.3 is 0 Å². The minimum absolute atomic E-state index is 0.543. The van der Waals surface area contributed by atoms with Gasteiger partial charge in [0.15, 0.2) is 0 Å². The second kappa shape index (κ2) is 8.53. The summed E-state index contributed by atoms with van der Waals surface area (Å²) in [6.07, 6.45) is 1.14. The highest BCUT2D eigenvalue weighted by atomic mass is 35.5. The zero-order chi connectivity index (χ0) is 15.1. The molecule has 0 aliphatic heterocycles. The van der Waals surface area contributed by atoms with Crippen LogP contribution in [0.4, 0.5) is 5.69 Å². The van der Waals surface area contributed by atoms with Gasteiger partial charge in [-0.25, -0.2) is 0 Å². The van der Waals surface area contributed by atoms with Crippen LogP contribution in [0.3, 0.4) is 0 Å². The highest BCUT2D eigenvalue weighted by Gasteiger charge is 2.12. The lowest BCUT2D eigenvalue weighted by molar-refractivity contribution is 0.552. The van der Waals surface area contributed by atoms with Crippen molar-refractivity contribution in [3.05, 3.63) is 28.8 Å². The third kappa shape index (κ3) is 4.99. The standard InChI is InChI=1S/C17H29ClN2/c1-6-14(5)20(7-2)16-9-8-15(17(18)10-16)12-19-11-13(3)4/h8-10,13-14,19H,6-7,11-12H2,1-5H3. The molecular weight excluding hydrogens is 268 g/mol. The van der Waals surface area contributed by atoms with Crippen LogP contribution in [0.25, 0.3) is 0 Å². The topological polar surface area (TPSA) is 15.3 Å². The molecule has 1 aromatic rings. The predicted molar refractivity (Wildman–Crippen MR) is 90.8 cm³/mol. The number of anilines is 1. The van der Waals surface area contributed by atoms with Crippen molar-refractivity contribution >= 4 is 17.3 Å². The third-order valence-electron chi connectivity index (χ3n) is 3.70. The molecule has 1 N–H and O–H groups in total. The number of hydrogen-bond acceptors (Lipinski definition) is 2. The Morgan fingerprint density at radius 1 is 1.20 bits per heavy atom. The van der Waals surface area contributed by atoms with Crippen molar-refractivity contribution < 1.29 is 0 Å². The van der Waals surface area contributed by atoms with E-state index in [9.17, 15) is 0 Å². The Labute approximate surface area is 129 Å². The molecule has 20 heavy (non-hydrogen) atoms. The Kier molecular flexibility index (Phi) is 7.39. The maximum atomic E-state index is 6.43. The maximum absolute atomic E-state index is 6.43. The average molecular weight is 297 g/mol. The van der Waals surface area contributed by atoms with E-state index in [1.807, 2.05) is 0 Å². The molecule has 0 fully saturated rings. The largest absolute Gasteiger partial charge is 0.369 e. The Hall–Kier alpha value is -0.730. The molecule has 1 rings (SSSR count). The van der Waals surface area contributed by atoms with E-state index in [1.54, 1.807) is 0 Å². The van der Waals surface area contributed by atoms with Crippen LogP contribution in [-0.2, 0) is 6.54 Å². The van der Waals surface area contributed by atoms with Crippen molar-refractivity contribution in [3.8, 4) is 0 Å². The van der Waals surface area contributed by atoms with Crippen molar-refractivity contribution in [1.29, 1.82) is 0 Å². The molecule has 3 heteroatoms. The minimum Gasteiger partial charge on any atom is -0.369 e. The molecule has 0 radical (unpaired) electrons. The number of hydrogen-bond donors (Lipinski definition) is 1. The number of nitrogens with zero attached hydrogens (tertiary/aromatic N) is 1. The van der Waals surface area contributed by atoms with E-state index < -0.39 is 0 Å². The molecule has 1 atom stereocenters. The summed E-state index contributed by atoms with van der Waals surface area (Å²) in [6, 6.07) is 6.98. The van der Waals surface area contributed by atoms with Gasteiger partial charge in [-0.2, -0.15) is 0 Å². The lowest BCUT2D eigenvalue weighted by Gasteiger charge is -2.30. The molecule has 0 bridgehead atoms. The molecule has 0 spiro atoms. The molecule has 2 nitrogen and oxygen atoms in total. The fourth-order valence-corrected chi connectivity index (χ4v) is 2.56. The van der Waals surface area contributed by atoms with E-state index in [0.29, 0.717) is 12.0 Å². The SMILES string of the molecule is CCC(C)N(CC)c1ccc(CNCC(C)C)c(Cl)c1. The summed E-state index contributed by atoms with van der Waals surface area (Å²) in [6.45, 7) is 14.0. The highest BCUT2D eigenvalue weighted by Crippen LogP contribution is 2.25.